The van der Waals surface area contributed by atoms with Crippen molar-refractivity contribution in [3.8, 4) is 0 Å². The number of amides is 2. The van der Waals surface area contributed by atoms with Gasteiger partial charge in [-0.1, -0.05) is 11.2 Å². The third-order valence-corrected chi connectivity index (χ3v) is 6.09. The van der Waals surface area contributed by atoms with Crippen LogP contribution in [0.5, 0.6) is 0 Å². The molecule has 0 saturated carbocycles. The maximum absolute atomic E-state index is 13.1. The number of Topliss-reactive ketones (excluding diaryl/α,β-unsaturated/α-hetero) is 1. The first-order chi connectivity index (χ1) is 15.5. The summed E-state index contributed by atoms with van der Waals surface area (Å²) in [5, 5.41) is 3.52. The molecule has 32 heavy (non-hydrogen) atoms. The predicted octanol–water partition coefficient (Wildman–Crippen LogP) is 3.89. The van der Waals surface area contributed by atoms with Crippen molar-refractivity contribution in [1.29, 1.82) is 0 Å². The number of piperidine rings is 1. The number of hydrogen-bond acceptors (Lipinski definition) is 5. The van der Waals surface area contributed by atoms with Crippen LogP contribution in [-0.4, -0.2) is 53.6 Å². The summed E-state index contributed by atoms with van der Waals surface area (Å²) in [5.74, 6) is -1.06. The van der Waals surface area contributed by atoms with E-state index in [1.807, 2.05) is 0 Å². The predicted molar refractivity (Wildman–Crippen MR) is 115 cm³/mol. The van der Waals surface area contributed by atoms with Gasteiger partial charge in [-0.25, -0.2) is 4.39 Å². The lowest BCUT2D eigenvalue weighted by Crippen LogP contribution is -2.47. The van der Waals surface area contributed by atoms with Gasteiger partial charge in [-0.15, -0.1) is 0 Å². The second-order valence-electron chi connectivity index (χ2n) is 8.05. The molecule has 0 N–H and O–H groups in total. The minimum Gasteiger partial charge on any atom is -0.302 e. The standard InChI is InChI=1S/C23H22FN5O3/c24-18-3-1-15(2-4-18)22(31)16-7-9-28(10-8-16)11-12-29-21(30)14-17-13-19(26-27-25)5-6-20(17)23(29)32/h1-6,13,16H,7-12,14H2. The lowest BCUT2D eigenvalue weighted by Gasteiger charge is -2.33. The number of benzene rings is 2. The van der Waals surface area contributed by atoms with Gasteiger partial charge in [0.2, 0.25) is 5.91 Å². The largest absolute Gasteiger partial charge is 0.302 e. The molecule has 164 valence electrons. The van der Waals surface area contributed by atoms with Crippen LogP contribution in [-0.2, 0) is 11.2 Å². The molecule has 9 heteroatoms. The molecule has 2 aliphatic heterocycles. The van der Waals surface area contributed by atoms with Crippen LogP contribution < -0.4 is 0 Å². The number of azide groups is 1. The molecule has 0 atom stereocenters. The highest BCUT2D eigenvalue weighted by molar-refractivity contribution is 6.10. The van der Waals surface area contributed by atoms with Gasteiger partial charge < -0.3 is 4.90 Å². The van der Waals surface area contributed by atoms with E-state index in [1.165, 1.54) is 29.2 Å². The lowest BCUT2D eigenvalue weighted by atomic mass is 9.89. The Morgan fingerprint density at radius 1 is 1.09 bits per heavy atom. The van der Waals surface area contributed by atoms with Gasteiger partial charge in [0.15, 0.2) is 5.78 Å². The van der Waals surface area contributed by atoms with Crippen molar-refractivity contribution < 1.29 is 18.8 Å². The SMILES string of the molecule is [N-]=[N+]=Nc1ccc2c(c1)CC(=O)N(CCN1CCC(C(=O)c3ccc(F)cc3)CC1)C2=O. The van der Waals surface area contributed by atoms with Crippen LogP contribution in [0.2, 0.25) is 0 Å². The minimum atomic E-state index is -0.364. The molecule has 0 aliphatic carbocycles. The molecule has 2 aliphatic rings. The summed E-state index contributed by atoms with van der Waals surface area (Å²) in [6, 6.07) is 10.4. The summed E-state index contributed by atoms with van der Waals surface area (Å²) < 4.78 is 13.1. The Bertz CT molecular complexity index is 1100. The molecule has 8 nitrogen and oxygen atoms in total. The van der Waals surface area contributed by atoms with Crippen molar-refractivity contribution in [2.75, 3.05) is 26.2 Å². The summed E-state index contributed by atoms with van der Waals surface area (Å²) in [7, 11) is 0. The number of rotatable bonds is 6. The van der Waals surface area contributed by atoms with Gasteiger partial charge in [-0.05, 0) is 73.4 Å². The maximum atomic E-state index is 13.1. The van der Waals surface area contributed by atoms with Crippen LogP contribution in [0.3, 0.4) is 0 Å². The highest BCUT2D eigenvalue weighted by Gasteiger charge is 2.32. The first-order valence-corrected chi connectivity index (χ1v) is 10.5. The van der Waals surface area contributed by atoms with Crippen LogP contribution in [0.1, 0.15) is 39.1 Å². The van der Waals surface area contributed by atoms with Crippen molar-refractivity contribution in [3.63, 3.8) is 0 Å². The van der Waals surface area contributed by atoms with Gasteiger partial charge in [0.1, 0.15) is 5.82 Å². The molecule has 2 aromatic rings. The number of likely N-dealkylation sites (tertiary alicyclic amines) is 1. The van der Waals surface area contributed by atoms with E-state index in [0.29, 0.717) is 54.9 Å². The van der Waals surface area contributed by atoms with Crippen LogP contribution in [0, 0.1) is 11.7 Å². The zero-order valence-corrected chi connectivity index (χ0v) is 17.4. The summed E-state index contributed by atoms with van der Waals surface area (Å²) in [4.78, 5) is 44.1. The molecule has 2 aromatic carbocycles. The van der Waals surface area contributed by atoms with Gasteiger partial charge in [0.25, 0.3) is 5.91 Å². The molecular weight excluding hydrogens is 413 g/mol. The molecule has 0 spiro atoms. The zero-order valence-electron chi connectivity index (χ0n) is 17.4. The molecular formula is C23H22FN5O3. The van der Waals surface area contributed by atoms with Crippen LogP contribution >= 0.6 is 0 Å². The number of carbonyl (C=O) groups excluding carboxylic acids is 3. The molecule has 2 heterocycles. The highest BCUT2D eigenvalue weighted by Crippen LogP contribution is 2.26. The smallest absolute Gasteiger partial charge is 0.260 e. The number of imide groups is 1. The maximum Gasteiger partial charge on any atom is 0.260 e. The minimum absolute atomic E-state index is 0.0303. The fourth-order valence-corrected chi connectivity index (χ4v) is 4.30. The van der Waals surface area contributed by atoms with Crippen LogP contribution in [0.15, 0.2) is 47.6 Å². The molecule has 0 aromatic heterocycles. The number of halogens is 1. The average Bonchev–Trinajstić information content (AvgIpc) is 2.79. The second kappa shape index (κ2) is 9.30. The Hall–Kier alpha value is -3.55. The molecule has 1 fully saturated rings. The Morgan fingerprint density at radius 3 is 2.50 bits per heavy atom. The van der Waals surface area contributed by atoms with Gasteiger partial charge in [-0.3, -0.25) is 19.3 Å². The van der Waals surface area contributed by atoms with Gasteiger partial charge in [-0.2, -0.15) is 0 Å². The van der Waals surface area contributed by atoms with Gasteiger partial charge in [0, 0.05) is 40.7 Å². The third kappa shape index (κ3) is 4.54. The van der Waals surface area contributed by atoms with E-state index in [4.69, 9.17) is 5.53 Å². The fraction of sp³-hybridized carbons (Fsp3) is 0.348. The quantitative estimate of drug-likeness (QED) is 0.226. The highest BCUT2D eigenvalue weighted by atomic mass is 19.1. The Kier molecular flexibility index (Phi) is 6.30. The third-order valence-electron chi connectivity index (χ3n) is 6.09. The molecule has 0 radical (unpaired) electrons. The molecule has 0 bridgehead atoms. The van der Waals surface area contributed by atoms with Crippen LogP contribution in [0.25, 0.3) is 10.4 Å². The first-order valence-electron chi connectivity index (χ1n) is 10.5. The number of hydrogen-bond donors (Lipinski definition) is 0. The number of fused-ring (bicyclic) bond motifs is 1. The Morgan fingerprint density at radius 2 is 1.81 bits per heavy atom. The summed E-state index contributed by atoms with van der Waals surface area (Å²) >= 11 is 0. The van der Waals surface area contributed by atoms with Crippen LogP contribution in [0.4, 0.5) is 10.1 Å². The zero-order chi connectivity index (χ0) is 22.7. The van der Waals surface area contributed by atoms with E-state index in [0.717, 1.165) is 0 Å². The van der Waals surface area contributed by atoms with Crippen molar-refractivity contribution >= 4 is 23.3 Å². The number of ketones is 1. The Labute approximate surface area is 184 Å². The topological polar surface area (TPSA) is 106 Å². The van der Waals surface area contributed by atoms with Gasteiger partial charge in [0.05, 0.1) is 6.42 Å². The molecule has 2 amide bonds. The van der Waals surface area contributed by atoms with E-state index in [9.17, 15) is 18.8 Å². The average molecular weight is 435 g/mol. The summed E-state index contributed by atoms with van der Waals surface area (Å²) in [5.41, 5.74) is 10.5. The normalized spacial score (nSPS) is 17.1. The number of carbonyl (C=O) groups is 3. The lowest BCUT2D eigenvalue weighted by molar-refractivity contribution is -0.128. The first kappa shape index (κ1) is 21.7. The van der Waals surface area contributed by atoms with Crippen molar-refractivity contribution in [2.24, 2.45) is 11.0 Å². The van der Waals surface area contributed by atoms with E-state index in [-0.39, 0.29) is 42.3 Å². The second-order valence-corrected chi connectivity index (χ2v) is 8.05. The van der Waals surface area contributed by atoms with E-state index in [2.05, 4.69) is 14.9 Å². The Balaban J connectivity index is 1.32. The van der Waals surface area contributed by atoms with Crippen molar-refractivity contribution in [2.45, 2.75) is 19.3 Å². The molecule has 1 saturated heterocycles. The molecule has 0 unspecified atom stereocenters. The summed E-state index contributed by atoms with van der Waals surface area (Å²) in [6.45, 7) is 2.22. The van der Waals surface area contributed by atoms with E-state index in [1.54, 1.807) is 18.2 Å². The number of nitrogens with zero attached hydrogens (tertiary/aromatic N) is 5. The van der Waals surface area contributed by atoms with E-state index >= 15 is 0 Å². The fourth-order valence-electron chi connectivity index (χ4n) is 4.30. The van der Waals surface area contributed by atoms with E-state index < -0.39 is 0 Å². The van der Waals surface area contributed by atoms with Crippen molar-refractivity contribution in [3.05, 3.63) is 75.4 Å². The van der Waals surface area contributed by atoms with Gasteiger partial charge >= 0.3 is 0 Å². The molecule has 4 rings (SSSR count). The van der Waals surface area contributed by atoms with Crippen molar-refractivity contribution in [1.82, 2.24) is 9.80 Å². The monoisotopic (exact) mass is 435 g/mol. The summed E-state index contributed by atoms with van der Waals surface area (Å²) in [6.07, 6.45) is 1.45.